The molecule has 22 heavy (non-hydrogen) atoms. The number of hydrogen-bond acceptors (Lipinski definition) is 7. The Labute approximate surface area is 130 Å². The highest BCUT2D eigenvalue weighted by atomic mass is 32.1. The molecular formula is C13H15N5O3S. The molecule has 1 heterocycles. The van der Waals surface area contributed by atoms with Gasteiger partial charge in [-0.15, -0.1) is 10.2 Å². The zero-order valence-corrected chi connectivity index (χ0v) is 13.1. The third-order valence-corrected chi connectivity index (χ3v) is 4.02. The summed E-state index contributed by atoms with van der Waals surface area (Å²) in [5, 5.41) is 25.3. The Morgan fingerprint density at radius 2 is 2.09 bits per heavy atom. The minimum absolute atomic E-state index is 0.149. The summed E-state index contributed by atoms with van der Waals surface area (Å²) in [7, 11) is 1.64. The number of anilines is 2. The lowest BCUT2D eigenvalue weighted by molar-refractivity contribution is -0.384. The molecule has 0 saturated heterocycles. The van der Waals surface area contributed by atoms with Gasteiger partial charge in [0.05, 0.1) is 10.5 Å². The van der Waals surface area contributed by atoms with Gasteiger partial charge in [0, 0.05) is 30.8 Å². The van der Waals surface area contributed by atoms with Crippen LogP contribution >= 0.6 is 11.3 Å². The number of nitrogens with one attached hydrogen (secondary N) is 2. The summed E-state index contributed by atoms with van der Waals surface area (Å²) in [6.45, 7) is 3.96. The maximum atomic E-state index is 12.3. The lowest BCUT2D eigenvalue weighted by Crippen LogP contribution is -2.14. The first-order valence-corrected chi connectivity index (χ1v) is 7.35. The minimum Gasteiger partial charge on any atom is -0.387 e. The molecule has 0 spiro atoms. The van der Waals surface area contributed by atoms with E-state index in [-0.39, 0.29) is 17.2 Å². The highest BCUT2D eigenvalue weighted by Crippen LogP contribution is 2.25. The van der Waals surface area contributed by atoms with E-state index in [2.05, 4.69) is 20.8 Å². The summed E-state index contributed by atoms with van der Waals surface area (Å²) < 4.78 is 0. The van der Waals surface area contributed by atoms with E-state index in [0.29, 0.717) is 10.8 Å². The largest absolute Gasteiger partial charge is 0.387 e. The number of carbonyl (C=O) groups is 1. The quantitative estimate of drug-likeness (QED) is 0.647. The molecule has 8 nitrogen and oxygen atoms in total. The minimum atomic E-state index is -0.544. The van der Waals surface area contributed by atoms with E-state index in [9.17, 15) is 14.9 Å². The van der Waals surface area contributed by atoms with Crippen molar-refractivity contribution in [2.24, 2.45) is 0 Å². The summed E-state index contributed by atoms with van der Waals surface area (Å²) in [5.74, 6) is -0.256. The molecule has 0 radical (unpaired) electrons. The number of nitro groups is 1. The first-order valence-electron chi connectivity index (χ1n) is 6.53. The number of benzene rings is 1. The third-order valence-electron chi connectivity index (χ3n) is 2.88. The van der Waals surface area contributed by atoms with Crippen molar-refractivity contribution in [1.82, 2.24) is 10.2 Å². The molecule has 9 heteroatoms. The summed E-state index contributed by atoms with van der Waals surface area (Å²) >= 11 is 1.28. The normalized spacial score (nSPS) is 10.5. The Bertz CT molecular complexity index is 713. The molecule has 1 aromatic heterocycles. The molecule has 0 saturated carbocycles. The van der Waals surface area contributed by atoms with Crippen LogP contribution in [0.15, 0.2) is 18.2 Å². The van der Waals surface area contributed by atoms with Crippen molar-refractivity contribution in [3.63, 3.8) is 0 Å². The molecule has 0 aliphatic rings. The van der Waals surface area contributed by atoms with E-state index in [1.54, 1.807) is 7.05 Å². The van der Waals surface area contributed by atoms with Crippen LogP contribution < -0.4 is 10.6 Å². The molecule has 116 valence electrons. The van der Waals surface area contributed by atoms with Gasteiger partial charge in [0.25, 0.3) is 11.6 Å². The Morgan fingerprint density at radius 1 is 1.36 bits per heavy atom. The monoisotopic (exact) mass is 321 g/mol. The van der Waals surface area contributed by atoms with Crippen LogP contribution in [-0.2, 0) is 0 Å². The van der Waals surface area contributed by atoms with Crippen LogP contribution in [0, 0.1) is 10.1 Å². The van der Waals surface area contributed by atoms with E-state index in [4.69, 9.17) is 0 Å². The lowest BCUT2D eigenvalue weighted by Gasteiger charge is -2.08. The molecule has 0 aliphatic heterocycles. The van der Waals surface area contributed by atoms with E-state index < -0.39 is 10.8 Å². The lowest BCUT2D eigenvalue weighted by atomic mass is 10.1. The van der Waals surface area contributed by atoms with Gasteiger partial charge in [-0.05, 0) is 6.07 Å². The van der Waals surface area contributed by atoms with Crippen molar-refractivity contribution in [2.45, 2.75) is 19.8 Å². The fourth-order valence-corrected chi connectivity index (χ4v) is 2.48. The Kier molecular flexibility index (Phi) is 4.66. The highest BCUT2D eigenvalue weighted by Gasteiger charge is 2.18. The molecule has 2 rings (SSSR count). The fraction of sp³-hybridized carbons (Fsp3) is 0.308. The molecule has 2 aromatic rings. The number of nitrogens with zero attached hydrogens (tertiary/aromatic N) is 3. The second-order valence-corrected chi connectivity index (χ2v) is 5.80. The summed E-state index contributed by atoms with van der Waals surface area (Å²) in [4.78, 5) is 22.6. The highest BCUT2D eigenvalue weighted by molar-refractivity contribution is 7.15. The molecule has 1 amide bonds. The molecule has 0 aliphatic carbocycles. The van der Waals surface area contributed by atoms with Crippen LogP contribution in [0.25, 0.3) is 0 Å². The molecule has 0 atom stereocenters. The van der Waals surface area contributed by atoms with Crippen LogP contribution in [0.4, 0.5) is 16.5 Å². The number of rotatable bonds is 5. The molecule has 0 bridgehead atoms. The zero-order valence-electron chi connectivity index (χ0n) is 12.3. The number of carbonyl (C=O) groups excluding carboxylic acids is 1. The van der Waals surface area contributed by atoms with Crippen LogP contribution in [-0.4, -0.2) is 28.1 Å². The Balaban J connectivity index is 2.27. The van der Waals surface area contributed by atoms with Gasteiger partial charge >= 0.3 is 0 Å². The van der Waals surface area contributed by atoms with Gasteiger partial charge in [-0.1, -0.05) is 25.2 Å². The maximum absolute atomic E-state index is 12.3. The Hall–Kier alpha value is -2.55. The van der Waals surface area contributed by atoms with E-state index in [0.717, 1.165) is 5.01 Å². The van der Waals surface area contributed by atoms with Crippen molar-refractivity contribution in [2.75, 3.05) is 17.7 Å². The topological polar surface area (TPSA) is 110 Å². The van der Waals surface area contributed by atoms with Gasteiger partial charge in [0.15, 0.2) is 0 Å². The maximum Gasteiger partial charge on any atom is 0.270 e. The van der Waals surface area contributed by atoms with Crippen molar-refractivity contribution < 1.29 is 9.72 Å². The predicted molar refractivity (Wildman–Crippen MR) is 84.6 cm³/mol. The van der Waals surface area contributed by atoms with E-state index in [1.807, 2.05) is 13.8 Å². The average molecular weight is 321 g/mol. The number of non-ortho nitro benzene ring substituents is 1. The van der Waals surface area contributed by atoms with Gasteiger partial charge in [-0.25, -0.2) is 0 Å². The van der Waals surface area contributed by atoms with Crippen molar-refractivity contribution >= 4 is 33.8 Å². The van der Waals surface area contributed by atoms with Gasteiger partial charge in [-0.3, -0.25) is 20.2 Å². The summed E-state index contributed by atoms with van der Waals surface area (Å²) in [5.41, 5.74) is 0.527. The van der Waals surface area contributed by atoms with E-state index >= 15 is 0 Å². The SMILES string of the molecule is CNc1ccc([N+](=O)[O-])cc1C(=O)Nc1nnc(C(C)C)s1. The van der Waals surface area contributed by atoms with Crippen molar-refractivity contribution in [3.05, 3.63) is 38.9 Å². The molecule has 1 aromatic carbocycles. The van der Waals surface area contributed by atoms with Crippen LogP contribution in [0.1, 0.15) is 35.1 Å². The van der Waals surface area contributed by atoms with Gasteiger partial charge in [0.2, 0.25) is 5.13 Å². The van der Waals surface area contributed by atoms with Gasteiger partial charge in [0.1, 0.15) is 5.01 Å². The van der Waals surface area contributed by atoms with Gasteiger partial charge in [-0.2, -0.15) is 0 Å². The standard InChI is InChI=1S/C13H15N5O3S/c1-7(2)12-16-17-13(22-12)15-11(19)9-6-8(18(20)21)4-5-10(9)14-3/h4-7,14H,1-3H3,(H,15,17,19). The van der Waals surface area contributed by atoms with Crippen molar-refractivity contribution in [3.8, 4) is 0 Å². The second kappa shape index (κ2) is 6.48. The smallest absolute Gasteiger partial charge is 0.270 e. The van der Waals surface area contributed by atoms with E-state index in [1.165, 1.54) is 29.5 Å². The van der Waals surface area contributed by atoms with Crippen LogP contribution in [0.3, 0.4) is 0 Å². The Morgan fingerprint density at radius 3 is 2.64 bits per heavy atom. The van der Waals surface area contributed by atoms with Crippen molar-refractivity contribution in [1.29, 1.82) is 0 Å². The number of aromatic nitrogens is 2. The van der Waals surface area contributed by atoms with Crippen LogP contribution in [0.2, 0.25) is 0 Å². The predicted octanol–water partition coefficient (Wildman–Crippen LogP) is 2.86. The number of amides is 1. The number of hydrogen-bond donors (Lipinski definition) is 2. The first kappa shape index (κ1) is 15.8. The molecule has 0 fully saturated rings. The molecule has 0 unspecified atom stereocenters. The summed E-state index contributed by atoms with van der Waals surface area (Å²) in [6, 6.07) is 4.06. The van der Waals surface area contributed by atoms with Crippen LogP contribution in [0.5, 0.6) is 0 Å². The van der Waals surface area contributed by atoms with Gasteiger partial charge < -0.3 is 5.32 Å². The third kappa shape index (κ3) is 3.37. The zero-order chi connectivity index (χ0) is 16.3. The molecule has 2 N–H and O–H groups in total. The fourth-order valence-electron chi connectivity index (χ4n) is 1.73. The first-order chi connectivity index (χ1) is 10.4. The second-order valence-electron chi connectivity index (χ2n) is 4.79. The number of nitro benzene ring substituents is 1. The molecular weight excluding hydrogens is 306 g/mol. The summed E-state index contributed by atoms with van der Waals surface area (Å²) in [6.07, 6.45) is 0. The average Bonchev–Trinajstić information content (AvgIpc) is 2.95.